The minimum Gasteiger partial charge on any atom is -0.452 e. The summed E-state index contributed by atoms with van der Waals surface area (Å²) in [5.41, 5.74) is 5.55. The number of anilines is 1. The molecule has 1 aliphatic heterocycles. The topological polar surface area (TPSA) is 120 Å². The second-order valence-electron chi connectivity index (χ2n) is 4.45. The van der Waals surface area contributed by atoms with Crippen molar-refractivity contribution in [2.75, 3.05) is 25.9 Å². The standard InChI is InChI=1S/C10H17N5O4S/c1-19-10(16)13-20(17,18)14-5-2-8(3-6-14)15-7-4-9(11)12-15/h4,7-8H,2-3,5-6H2,1H3,(H2,11,12)(H,13,16). The van der Waals surface area contributed by atoms with E-state index in [9.17, 15) is 13.2 Å². The monoisotopic (exact) mass is 303 g/mol. The molecule has 0 atom stereocenters. The zero-order valence-corrected chi connectivity index (χ0v) is 11.8. The number of hydrogen-bond donors (Lipinski definition) is 2. The van der Waals surface area contributed by atoms with Gasteiger partial charge in [0.1, 0.15) is 5.82 Å². The molecule has 0 radical (unpaired) electrons. The van der Waals surface area contributed by atoms with Crippen LogP contribution in [0.4, 0.5) is 10.6 Å². The lowest BCUT2D eigenvalue weighted by molar-refractivity contribution is 0.176. The molecule has 2 rings (SSSR count). The predicted octanol–water partition coefficient (Wildman–Crippen LogP) is -0.297. The number of nitrogens with two attached hydrogens (primary N) is 1. The molecule has 0 spiro atoms. The fourth-order valence-electron chi connectivity index (χ4n) is 2.11. The van der Waals surface area contributed by atoms with E-state index < -0.39 is 16.3 Å². The summed E-state index contributed by atoms with van der Waals surface area (Å²) in [5, 5.41) is 4.12. The van der Waals surface area contributed by atoms with E-state index in [4.69, 9.17) is 5.73 Å². The lowest BCUT2D eigenvalue weighted by atomic mass is 10.1. The Bertz CT molecular complexity index is 576. The van der Waals surface area contributed by atoms with Gasteiger partial charge < -0.3 is 10.5 Å². The highest BCUT2D eigenvalue weighted by atomic mass is 32.2. The van der Waals surface area contributed by atoms with Crippen LogP contribution in [0.1, 0.15) is 18.9 Å². The van der Waals surface area contributed by atoms with Crippen LogP contribution < -0.4 is 10.5 Å². The molecule has 2 heterocycles. The quantitative estimate of drug-likeness (QED) is 0.791. The van der Waals surface area contributed by atoms with Crippen molar-refractivity contribution >= 4 is 22.1 Å². The second kappa shape index (κ2) is 5.67. The van der Waals surface area contributed by atoms with Gasteiger partial charge in [0.2, 0.25) is 0 Å². The van der Waals surface area contributed by atoms with E-state index in [1.807, 2.05) is 4.72 Å². The summed E-state index contributed by atoms with van der Waals surface area (Å²) in [6.07, 6.45) is 1.98. The number of rotatable bonds is 3. The van der Waals surface area contributed by atoms with E-state index >= 15 is 0 Å². The molecular formula is C10H17N5O4S. The number of aromatic nitrogens is 2. The molecule has 1 fully saturated rings. The largest absolute Gasteiger partial charge is 0.452 e. The summed E-state index contributed by atoms with van der Waals surface area (Å²) >= 11 is 0. The third kappa shape index (κ3) is 3.20. The predicted molar refractivity (Wildman–Crippen MR) is 70.9 cm³/mol. The molecule has 1 aromatic heterocycles. The number of ether oxygens (including phenoxy) is 1. The molecule has 3 N–H and O–H groups in total. The molecule has 0 aromatic carbocycles. The molecule has 1 saturated heterocycles. The number of piperidine rings is 1. The number of carbonyl (C=O) groups is 1. The van der Waals surface area contributed by atoms with Crippen molar-refractivity contribution in [2.45, 2.75) is 18.9 Å². The Morgan fingerprint density at radius 1 is 1.50 bits per heavy atom. The number of nitrogen functional groups attached to an aromatic ring is 1. The van der Waals surface area contributed by atoms with Gasteiger partial charge in [0.15, 0.2) is 0 Å². The number of nitrogens with one attached hydrogen (secondary N) is 1. The van der Waals surface area contributed by atoms with Gasteiger partial charge in [0, 0.05) is 19.3 Å². The number of carbonyl (C=O) groups excluding carboxylic acids is 1. The van der Waals surface area contributed by atoms with Gasteiger partial charge in [-0.3, -0.25) is 4.68 Å². The third-order valence-electron chi connectivity index (χ3n) is 3.16. The van der Waals surface area contributed by atoms with Gasteiger partial charge in [0.25, 0.3) is 0 Å². The zero-order chi connectivity index (χ0) is 14.8. The maximum atomic E-state index is 11.9. The summed E-state index contributed by atoms with van der Waals surface area (Å²) in [6.45, 7) is 0.605. The second-order valence-corrected chi connectivity index (χ2v) is 6.12. The van der Waals surface area contributed by atoms with Crippen LogP contribution in [0.15, 0.2) is 12.3 Å². The van der Waals surface area contributed by atoms with Crippen LogP contribution in [0.25, 0.3) is 0 Å². The summed E-state index contributed by atoms with van der Waals surface area (Å²) < 4.78 is 32.8. The normalized spacial score (nSPS) is 17.9. The smallest absolute Gasteiger partial charge is 0.421 e. The van der Waals surface area contributed by atoms with Gasteiger partial charge in [-0.1, -0.05) is 0 Å². The van der Waals surface area contributed by atoms with E-state index in [1.165, 1.54) is 4.31 Å². The average molecular weight is 303 g/mol. The van der Waals surface area contributed by atoms with E-state index in [2.05, 4.69) is 9.84 Å². The van der Waals surface area contributed by atoms with Crippen LogP contribution in [0.2, 0.25) is 0 Å². The van der Waals surface area contributed by atoms with Gasteiger partial charge >= 0.3 is 16.3 Å². The van der Waals surface area contributed by atoms with Crippen LogP contribution in [0.5, 0.6) is 0 Å². The highest BCUT2D eigenvalue weighted by Crippen LogP contribution is 2.23. The first kappa shape index (κ1) is 14.6. The van der Waals surface area contributed by atoms with Crippen LogP contribution in [-0.2, 0) is 14.9 Å². The number of hydrogen-bond acceptors (Lipinski definition) is 6. The Morgan fingerprint density at radius 3 is 2.65 bits per heavy atom. The van der Waals surface area contributed by atoms with Gasteiger partial charge in [-0.2, -0.15) is 17.8 Å². The van der Waals surface area contributed by atoms with Gasteiger partial charge in [-0.05, 0) is 18.9 Å². The first-order valence-electron chi connectivity index (χ1n) is 6.09. The maximum absolute atomic E-state index is 11.9. The van der Waals surface area contributed by atoms with Crippen molar-refractivity contribution in [2.24, 2.45) is 0 Å². The van der Waals surface area contributed by atoms with E-state index in [0.717, 1.165) is 7.11 Å². The molecule has 0 bridgehead atoms. The molecule has 9 nitrogen and oxygen atoms in total. The Labute approximate surface area is 116 Å². The van der Waals surface area contributed by atoms with Crippen molar-refractivity contribution < 1.29 is 17.9 Å². The van der Waals surface area contributed by atoms with Gasteiger partial charge in [-0.25, -0.2) is 9.52 Å². The van der Waals surface area contributed by atoms with Crippen LogP contribution in [-0.4, -0.2) is 48.8 Å². The lowest BCUT2D eigenvalue weighted by Gasteiger charge is -2.30. The number of methoxy groups -OCH3 is 1. The van der Waals surface area contributed by atoms with Crippen LogP contribution in [0.3, 0.4) is 0 Å². The van der Waals surface area contributed by atoms with Crippen molar-refractivity contribution in [3.63, 3.8) is 0 Å². The minimum atomic E-state index is -3.84. The molecule has 0 saturated carbocycles. The highest BCUT2D eigenvalue weighted by Gasteiger charge is 2.30. The summed E-state index contributed by atoms with van der Waals surface area (Å²) in [5.74, 6) is 0.437. The van der Waals surface area contributed by atoms with E-state index in [-0.39, 0.29) is 6.04 Å². The van der Waals surface area contributed by atoms with Gasteiger partial charge in [0.05, 0.1) is 13.2 Å². The fourth-order valence-corrected chi connectivity index (χ4v) is 3.23. The molecule has 10 heteroatoms. The van der Waals surface area contributed by atoms with Crippen LogP contribution in [0, 0.1) is 0 Å². The summed E-state index contributed by atoms with van der Waals surface area (Å²) in [7, 11) is -2.73. The lowest BCUT2D eigenvalue weighted by Crippen LogP contribution is -2.47. The van der Waals surface area contributed by atoms with Crippen LogP contribution >= 0.6 is 0 Å². The highest BCUT2D eigenvalue weighted by molar-refractivity contribution is 7.87. The number of amides is 1. The van der Waals surface area contributed by atoms with Crippen molar-refractivity contribution in [3.05, 3.63) is 12.3 Å². The molecular weight excluding hydrogens is 286 g/mol. The molecule has 1 aromatic rings. The van der Waals surface area contributed by atoms with E-state index in [0.29, 0.717) is 31.7 Å². The third-order valence-corrected chi connectivity index (χ3v) is 4.63. The Morgan fingerprint density at radius 2 is 2.15 bits per heavy atom. The Balaban J connectivity index is 1.95. The summed E-state index contributed by atoms with van der Waals surface area (Å²) in [6, 6.07) is 1.80. The van der Waals surface area contributed by atoms with Crippen molar-refractivity contribution in [1.82, 2.24) is 18.8 Å². The zero-order valence-electron chi connectivity index (χ0n) is 11.0. The maximum Gasteiger partial charge on any atom is 0.421 e. The molecule has 112 valence electrons. The van der Waals surface area contributed by atoms with Crippen molar-refractivity contribution in [3.8, 4) is 0 Å². The molecule has 1 aliphatic rings. The summed E-state index contributed by atoms with van der Waals surface area (Å²) in [4.78, 5) is 11.0. The number of nitrogens with zero attached hydrogens (tertiary/aromatic N) is 3. The SMILES string of the molecule is COC(=O)NS(=O)(=O)N1CCC(n2ccc(N)n2)CC1. The fraction of sp³-hybridized carbons (Fsp3) is 0.600. The Kier molecular flexibility index (Phi) is 4.14. The molecule has 1 amide bonds. The first-order chi connectivity index (χ1) is 9.42. The minimum absolute atomic E-state index is 0.108. The molecule has 0 unspecified atom stereocenters. The first-order valence-corrected chi connectivity index (χ1v) is 7.53. The molecule has 0 aliphatic carbocycles. The van der Waals surface area contributed by atoms with E-state index in [1.54, 1.807) is 16.9 Å². The average Bonchev–Trinajstić information content (AvgIpc) is 2.85. The Hall–Kier alpha value is -1.81. The molecule has 20 heavy (non-hydrogen) atoms. The van der Waals surface area contributed by atoms with Crippen molar-refractivity contribution in [1.29, 1.82) is 0 Å². The van der Waals surface area contributed by atoms with Gasteiger partial charge in [-0.15, -0.1) is 0 Å².